The van der Waals surface area contributed by atoms with Gasteiger partial charge in [-0.25, -0.2) is 0 Å². The van der Waals surface area contributed by atoms with Gasteiger partial charge in [-0.05, 0) is 37.8 Å². The van der Waals surface area contributed by atoms with E-state index < -0.39 is 18.1 Å². The van der Waals surface area contributed by atoms with E-state index in [9.17, 15) is 9.59 Å². The molecule has 0 aliphatic rings. The summed E-state index contributed by atoms with van der Waals surface area (Å²) < 4.78 is 10.5. The lowest BCUT2D eigenvalue weighted by atomic mass is 10.0. The fraction of sp³-hybridized carbons (Fsp3) is 0.364. The highest BCUT2D eigenvalue weighted by Gasteiger charge is 2.25. The van der Waals surface area contributed by atoms with Gasteiger partial charge in [-0.3, -0.25) is 14.9 Å². The second-order valence-electron chi connectivity index (χ2n) is 6.31. The zero-order valence-corrected chi connectivity index (χ0v) is 15.9. The van der Waals surface area contributed by atoms with E-state index in [-0.39, 0.29) is 12.6 Å². The van der Waals surface area contributed by atoms with Crippen molar-refractivity contribution in [3.8, 4) is 0 Å². The van der Waals surface area contributed by atoms with Crippen molar-refractivity contribution in [3.63, 3.8) is 0 Å². The topological polar surface area (TPSA) is 64.6 Å². The van der Waals surface area contributed by atoms with Crippen LogP contribution in [0.2, 0.25) is 0 Å². The molecule has 2 aromatic carbocycles. The van der Waals surface area contributed by atoms with E-state index in [0.717, 1.165) is 11.1 Å². The lowest BCUT2D eigenvalue weighted by molar-refractivity contribution is -0.149. The molecule has 0 heterocycles. The van der Waals surface area contributed by atoms with Crippen LogP contribution in [0.3, 0.4) is 0 Å². The van der Waals surface area contributed by atoms with Crippen LogP contribution in [0.1, 0.15) is 31.4 Å². The van der Waals surface area contributed by atoms with Crippen LogP contribution in [0.15, 0.2) is 60.7 Å². The van der Waals surface area contributed by atoms with Crippen molar-refractivity contribution in [1.29, 1.82) is 0 Å². The number of rotatable bonds is 10. The number of carbonyl (C=O) groups excluding carboxylic acids is 2. The minimum absolute atomic E-state index is 0.208. The summed E-state index contributed by atoms with van der Waals surface area (Å²) in [5, 5.41) is 3.06. The van der Waals surface area contributed by atoms with Crippen molar-refractivity contribution in [2.45, 2.75) is 45.4 Å². The number of hydrogen-bond donors (Lipinski definition) is 1. The molecule has 5 nitrogen and oxygen atoms in total. The molecule has 0 radical (unpaired) electrons. The van der Waals surface area contributed by atoms with Crippen molar-refractivity contribution in [2.24, 2.45) is 0 Å². The van der Waals surface area contributed by atoms with Gasteiger partial charge >= 0.3 is 11.9 Å². The van der Waals surface area contributed by atoms with Gasteiger partial charge in [0, 0.05) is 0 Å². The average molecular weight is 369 g/mol. The Bertz CT molecular complexity index is 703. The lowest BCUT2D eigenvalue weighted by Gasteiger charge is -2.21. The maximum atomic E-state index is 12.3. The zero-order chi connectivity index (χ0) is 19.5. The minimum Gasteiger partial charge on any atom is -0.465 e. The Hall–Kier alpha value is -2.66. The molecule has 0 spiro atoms. The summed E-state index contributed by atoms with van der Waals surface area (Å²) in [4.78, 5) is 24.5. The molecule has 0 saturated carbocycles. The van der Waals surface area contributed by atoms with E-state index in [1.165, 1.54) is 0 Å². The van der Waals surface area contributed by atoms with Gasteiger partial charge in [0.1, 0.15) is 18.7 Å². The van der Waals surface area contributed by atoms with E-state index in [0.29, 0.717) is 19.4 Å². The maximum Gasteiger partial charge on any atom is 0.323 e. The summed E-state index contributed by atoms with van der Waals surface area (Å²) in [6, 6.07) is 18.2. The third kappa shape index (κ3) is 7.23. The van der Waals surface area contributed by atoms with Gasteiger partial charge in [-0.1, -0.05) is 60.7 Å². The van der Waals surface area contributed by atoms with E-state index >= 15 is 0 Å². The number of hydrogen-bond acceptors (Lipinski definition) is 5. The molecule has 0 saturated heterocycles. The molecule has 0 aliphatic carbocycles. The molecule has 0 amide bonds. The molecule has 144 valence electrons. The van der Waals surface area contributed by atoms with Crippen molar-refractivity contribution >= 4 is 11.9 Å². The van der Waals surface area contributed by atoms with Crippen molar-refractivity contribution in [3.05, 3.63) is 71.8 Å². The molecule has 27 heavy (non-hydrogen) atoms. The van der Waals surface area contributed by atoms with E-state index in [1.54, 1.807) is 13.8 Å². The molecular formula is C22H27NO4. The molecule has 0 aliphatic heterocycles. The Morgan fingerprint density at radius 3 is 2.07 bits per heavy atom. The molecule has 0 unspecified atom stereocenters. The lowest BCUT2D eigenvalue weighted by Crippen LogP contribution is -2.47. The van der Waals surface area contributed by atoms with Crippen LogP contribution in [0.25, 0.3) is 0 Å². The molecular weight excluding hydrogens is 342 g/mol. The predicted octanol–water partition coefficient (Wildman–Crippen LogP) is 3.27. The fourth-order valence-corrected chi connectivity index (χ4v) is 2.69. The molecule has 2 rings (SSSR count). The van der Waals surface area contributed by atoms with Crippen LogP contribution in [-0.2, 0) is 32.1 Å². The quantitative estimate of drug-likeness (QED) is 0.651. The second kappa shape index (κ2) is 11.1. The first kappa shape index (κ1) is 20.6. The van der Waals surface area contributed by atoms with Crippen LogP contribution in [-0.4, -0.2) is 30.6 Å². The van der Waals surface area contributed by atoms with Crippen molar-refractivity contribution < 1.29 is 19.1 Å². The van der Waals surface area contributed by atoms with Crippen LogP contribution < -0.4 is 5.32 Å². The van der Waals surface area contributed by atoms with Gasteiger partial charge in [0.15, 0.2) is 0 Å². The maximum absolute atomic E-state index is 12.3. The average Bonchev–Trinajstić information content (AvgIpc) is 2.70. The SMILES string of the molecule is CCOC(=O)[C@@H](CCc1ccccc1)N[C@H](C)C(=O)OCc1ccccc1. The van der Waals surface area contributed by atoms with Gasteiger partial charge in [-0.2, -0.15) is 0 Å². The van der Waals surface area contributed by atoms with Crippen LogP contribution in [0.5, 0.6) is 0 Å². The van der Waals surface area contributed by atoms with Gasteiger partial charge in [0.2, 0.25) is 0 Å². The molecule has 2 atom stereocenters. The van der Waals surface area contributed by atoms with Gasteiger partial charge in [0.05, 0.1) is 6.61 Å². The summed E-state index contributed by atoms with van der Waals surface area (Å²) >= 11 is 0. The summed E-state index contributed by atoms with van der Waals surface area (Å²) in [5.41, 5.74) is 2.05. The van der Waals surface area contributed by atoms with Gasteiger partial charge in [0.25, 0.3) is 0 Å². The summed E-state index contributed by atoms with van der Waals surface area (Å²) in [7, 11) is 0. The van der Waals surface area contributed by atoms with Crippen LogP contribution >= 0.6 is 0 Å². The molecule has 0 bridgehead atoms. The highest BCUT2D eigenvalue weighted by molar-refractivity contribution is 5.79. The molecule has 0 aromatic heterocycles. The Labute approximate surface area is 160 Å². The van der Waals surface area contributed by atoms with Gasteiger partial charge < -0.3 is 9.47 Å². The summed E-state index contributed by atoms with van der Waals surface area (Å²) in [6.07, 6.45) is 1.25. The first-order chi connectivity index (χ1) is 13.1. The standard InChI is InChI=1S/C22H27NO4/c1-3-26-22(25)20(15-14-18-10-6-4-7-11-18)23-17(2)21(24)27-16-19-12-8-5-9-13-19/h4-13,17,20,23H,3,14-16H2,1-2H3/t17-,20-/m1/s1. The van der Waals surface area contributed by atoms with E-state index in [1.807, 2.05) is 60.7 Å². The number of aryl methyl sites for hydroxylation is 1. The van der Waals surface area contributed by atoms with Crippen molar-refractivity contribution in [2.75, 3.05) is 6.61 Å². The normalized spacial score (nSPS) is 12.8. The third-order valence-corrected chi connectivity index (χ3v) is 4.16. The Morgan fingerprint density at radius 2 is 1.48 bits per heavy atom. The number of esters is 2. The number of nitrogens with one attached hydrogen (secondary N) is 1. The largest absolute Gasteiger partial charge is 0.465 e. The van der Waals surface area contributed by atoms with E-state index in [4.69, 9.17) is 9.47 Å². The van der Waals surface area contributed by atoms with Gasteiger partial charge in [-0.15, -0.1) is 0 Å². The highest BCUT2D eigenvalue weighted by atomic mass is 16.5. The Kier molecular flexibility index (Phi) is 8.52. The summed E-state index contributed by atoms with van der Waals surface area (Å²) in [5.74, 6) is -0.746. The predicted molar refractivity (Wildman–Crippen MR) is 104 cm³/mol. The first-order valence-corrected chi connectivity index (χ1v) is 9.27. The molecule has 2 aromatic rings. The zero-order valence-electron chi connectivity index (χ0n) is 15.9. The number of benzene rings is 2. The molecule has 0 fully saturated rings. The number of ether oxygens (including phenoxy) is 2. The fourth-order valence-electron chi connectivity index (χ4n) is 2.69. The third-order valence-electron chi connectivity index (χ3n) is 4.16. The van der Waals surface area contributed by atoms with Crippen LogP contribution in [0, 0.1) is 0 Å². The smallest absolute Gasteiger partial charge is 0.323 e. The Balaban J connectivity index is 1.89. The second-order valence-corrected chi connectivity index (χ2v) is 6.31. The monoisotopic (exact) mass is 369 g/mol. The van der Waals surface area contributed by atoms with E-state index in [2.05, 4.69) is 5.32 Å². The molecule has 1 N–H and O–H groups in total. The van der Waals surface area contributed by atoms with Crippen LogP contribution in [0.4, 0.5) is 0 Å². The minimum atomic E-state index is -0.612. The number of carbonyl (C=O) groups is 2. The van der Waals surface area contributed by atoms with Crippen molar-refractivity contribution in [1.82, 2.24) is 5.32 Å². The molecule has 5 heteroatoms. The summed E-state index contributed by atoms with van der Waals surface area (Å²) in [6.45, 7) is 3.97. The highest BCUT2D eigenvalue weighted by Crippen LogP contribution is 2.08. The first-order valence-electron chi connectivity index (χ1n) is 9.27. The Morgan fingerprint density at radius 1 is 0.889 bits per heavy atom.